The first-order valence-corrected chi connectivity index (χ1v) is 9.93. The van der Waals surface area contributed by atoms with E-state index in [-0.39, 0.29) is 12.2 Å². The minimum absolute atomic E-state index is 0.142. The number of halogens is 2. The van der Waals surface area contributed by atoms with Crippen LogP contribution in [0.1, 0.15) is 32.7 Å². The number of hydrogen-bond donors (Lipinski definition) is 2. The Labute approximate surface area is 189 Å². The van der Waals surface area contributed by atoms with Crippen LogP contribution in [0.25, 0.3) is 5.70 Å². The third kappa shape index (κ3) is 6.19. The van der Waals surface area contributed by atoms with Crippen molar-refractivity contribution in [2.24, 2.45) is 0 Å². The topological polar surface area (TPSA) is 93.2 Å². The molecule has 3 aromatic rings. The molecule has 0 unspecified atom stereocenters. The smallest absolute Gasteiger partial charge is 0.338 e. The van der Waals surface area contributed by atoms with Crippen LogP contribution in [-0.2, 0) is 22.5 Å². The van der Waals surface area contributed by atoms with Gasteiger partial charge in [0.1, 0.15) is 12.1 Å². The van der Waals surface area contributed by atoms with E-state index in [2.05, 4.69) is 27.2 Å². The molecular weight excluding hydrogens is 430 g/mol. The number of nitrogens with zero attached hydrogens (tertiary/aromatic N) is 2. The number of hydrogen-bond acceptors (Lipinski definition) is 6. The highest BCUT2D eigenvalue weighted by atomic mass is 19.2. The van der Waals surface area contributed by atoms with Crippen molar-refractivity contribution >= 4 is 23.4 Å². The molecule has 0 spiro atoms. The van der Waals surface area contributed by atoms with Gasteiger partial charge in [-0.05, 0) is 41.8 Å². The summed E-state index contributed by atoms with van der Waals surface area (Å²) in [6.07, 6.45) is 1.14. The van der Waals surface area contributed by atoms with Crippen LogP contribution in [0.5, 0.6) is 0 Å². The largest absolute Gasteiger partial charge is 0.465 e. The first-order valence-electron chi connectivity index (χ1n) is 9.93. The van der Waals surface area contributed by atoms with Gasteiger partial charge in [0.2, 0.25) is 5.91 Å². The average molecular weight is 452 g/mol. The molecule has 0 saturated heterocycles. The summed E-state index contributed by atoms with van der Waals surface area (Å²) in [5.74, 6) is -2.57. The predicted octanol–water partition coefficient (Wildman–Crippen LogP) is 3.79. The number of carbonyl (C=O) groups excluding carboxylic acids is 2. The van der Waals surface area contributed by atoms with Crippen LogP contribution in [0.4, 0.5) is 14.6 Å². The maximum Gasteiger partial charge on any atom is 0.338 e. The second-order valence-electron chi connectivity index (χ2n) is 7.23. The van der Waals surface area contributed by atoms with E-state index >= 15 is 0 Å². The summed E-state index contributed by atoms with van der Waals surface area (Å²) in [6, 6.07) is 10.2. The van der Waals surface area contributed by atoms with Crippen LogP contribution < -0.4 is 10.6 Å². The summed E-state index contributed by atoms with van der Waals surface area (Å²) >= 11 is 0. The molecule has 1 aromatic heterocycles. The zero-order valence-electron chi connectivity index (χ0n) is 18.1. The third-order valence-corrected chi connectivity index (χ3v) is 4.79. The molecule has 0 fully saturated rings. The minimum Gasteiger partial charge on any atom is -0.465 e. The van der Waals surface area contributed by atoms with Gasteiger partial charge in [0.05, 0.1) is 30.5 Å². The normalized spacial score (nSPS) is 10.4. The quantitative estimate of drug-likeness (QED) is 0.505. The van der Waals surface area contributed by atoms with Crippen LogP contribution in [0, 0.1) is 18.6 Å². The first kappa shape index (κ1) is 23.5. The standard InChI is InChI=1S/C24H22F2N4O3/c1-14-8-17(4-6-18(14)24(32)33-3)12-27-15(2)21-11-22(29-13-28-21)30-23(31)10-16-5-7-19(25)20(26)9-16/h4-9,11,13,27H,2,10,12H2,1,3H3,(H,28,29,30,31). The van der Waals surface area contributed by atoms with Gasteiger partial charge in [0.15, 0.2) is 11.6 Å². The van der Waals surface area contributed by atoms with Crippen LogP contribution in [0.15, 0.2) is 55.4 Å². The van der Waals surface area contributed by atoms with E-state index in [1.54, 1.807) is 12.1 Å². The first-order chi connectivity index (χ1) is 15.8. The number of anilines is 1. The molecule has 0 aliphatic carbocycles. The van der Waals surface area contributed by atoms with Crippen molar-refractivity contribution in [3.05, 3.63) is 95.0 Å². The number of esters is 1. The van der Waals surface area contributed by atoms with Gasteiger partial charge < -0.3 is 15.4 Å². The Hall–Kier alpha value is -4.14. The summed E-state index contributed by atoms with van der Waals surface area (Å²) in [6.45, 7) is 6.22. The Bertz CT molecular complexity index is 1210. The molecule has 0 saturated carbocycles. The van der Waals surface area contributed by atoms with Crippen LogP contribution in [0.3, 0.4) is 0 Å². The van der Waals surface area contributed by atoms with E-state index in [1.165, 1.54) is 19.5 Å². The Morgan fingerprint density at radius 2 is 1.79 bits per heavy atom. The van der Waals surface area contributed by atoms with Crippen LogP contribution in [0.2, 0.25) is 0 Å². The average Bonchev–Trinajstić information content (AvgIpc) is 2.79. The molecule has 0 aliphatic heterocycles. The van der Waals surface area contributed by atoms with Crippen LogP contribution in [-0.4, -0.2) is 29.0 Å². The van der Waals surface area contributed by atoms with E-state index in [0.717, 1.165) is 23.3 Å². The second-order valence-corrected chi connectivity index (χ2v) is 7.23. The van der Waals surface area contributed by atoms with Crippen molar-refractivity contribution in [3.8, 4) is 0 Å². The maximum absolute atomic E-state index is 13.3. The lowest BCUT2D eigenvalue weighted by Gasteiger charge is -2.12. The number of aryl methyl sites for hydroxylation is 1. The molecular formula is C24H22F2N4O3. The number of aromatic nitrogens is 2. The number of carbonyl (C=O) groups is 2. The number of benzene rings is 2. The summed E-state index contributed by atoms with van der Waals surface area (Å²) in [7, 11) is 1.34. The fraction of sp³-hybridized carbons (Fsp3) is 0.167. The SMILES string of the molecule is C=C(NCc1ccc(C(=O)OC)c(C)c1)c1cc(NC(=O)Cc2ccc(F)c(F)c2)ncn1. The molecule has 33 heavy (non-hydrogen) atoms. The van der Waals surface area contributed by atoms with E-state index in [4.69, 9.17) is 4.74 Å². The molecule has 0 aliphatic rings. The predicted molar refractivity (Wildman–Crippen MR) is 119 cm³/mol. The summed E-state index contributed by atoms with van der Waals surface area (Å²) in [5.41, 5.74) is 3.52. The number of amides is 1. The zero-order valence-corrected chi connectivity index (χ0v) is 18.1. The van der Waals surface area contributed by atoms with Gasteiger partial charge in [0, 0.05) is 12.6 Å². The van der Waals surface area contributed by atoms with E-state index < -0.39 is 23.5 Å². The van der Waals surface area contributed by atoms with Gasteiger partial charge in [0.25, 0.3) is 0 Å². The molecule has 1 heterocycles. The van der Waals surface area contributed by atoms with Gasteiger partial charge in [-0.2, -0.15) is 0 Å². The van der Waals surface area contributed by atoms with Gasteiger partial charge in [-0.1, -0.05) is 24.8 Å². The molecule has 2 N–H and O–H groups in total. The summed E-state index contributed by atoms with van der Waals surface area (Å²) in [4.78, 5) is 32.1. The van der Waals surface area contributed by atoms with E-state index in [9.17, 15) is 18.4 Å². The Morgan fingerprint density at radius 1 is 1.03 bits per heavy atom. The number of rotatable bonds is 8. The van der Waals surface area contributed by atoms with Crippen molar-refractivity contribution in [2.75, 3.05) is 12.4 Å². The molecule has 3 rings (SSSR count). The molecule has 7 nitrogen and oxygen atoms in total. The Morgan fingerprint density at radius 3 is 2.48 bits per heavy atom. The maximum atomic E-state index is 13.3. The highest BCUT2D eigenvalue weighted by Crippen LogP contribution is 2.15. The van der Waals surface area contributed by atoms with Gasteiger partial charge in [-0.3, -0.25) is 4.79 Å². The van der Waals surface area contributed by atoms with Gasteiger partial charge in [-0.15, -0.1) is 0 Å². The number of ether oxygens (including phenoxy) is 1. The molecule has 0 bridgehead atoms. The molecule has 170 valence electrons. The molecule has 9 heteroatoms. The number of methoxy groups -OCH3 is 1. The lowest BCUT2D eigenvalue weighted by atomic mass is 10.1. The second kappa shape index (κ2) is 10.4. The summed E-state index contributed by atoms with van der Waals surface area (Å²) in [5, 5.41) is 5.75. The number of nitrogens with one attached hydrogen (secondary N) is 2. The van der Waals surface area contributed by atoms with Crippen LogP contribution >= 0.6 is 0 Å². The molecule has 0 radical (unpaired) electrons. The monoisotopic (exact) mass is 452 g/mol. The Balaban J connectivity index is 1.60. The van der Waals surface area contributed by atoms with E-state index in [0.29, 0.717) is 29.1 Å². The third-order valence-electron chi connectivity index (χ3n) is 4.79. The zero-order chi connectivity index (χ0) is 24.0. The van der Waals surface area contributed by atoms with Crippen molar-refractivity contribution < 1.29 is 23.1 Å². The van der Waals surface area contributed by atoms with E-state index in [1.807, 2.05) is 19.1 Å². The molecule has 0 atom stereocenters. The van der Waals surface area contributed by atoms with Crippen molar-refractivity contribution in [1.82, 2.24) is 15.3 Å². The van der Waals surface area contributed by atoms with Crippen molar-refractivity contribution in [2.45, 2.75) is 19.9 Å². The summed E-state index contributed by atoms with van der Waals surface area (Å²) < 4.78 is 31.1. The van der Waals surface area contributed by atoms with Gasteiger partial charge in [-0.25, -0.2) is 23.5 Å². The van der Waals surface area contributed by atoms with Crippen molar-refractivity contribution in [3.63, 3.8) is 0 Å². The fourth-order valence-electron chi connectivity index (χ4n) is 3.09. The molecule has 1 amide bonds. The highest BCUT2D eigenvalue weighted by Gasteiger charge is 2.11. The van der Waals surface area contributed by atoms with Crippen molar-refractivity contribution in [1.29, 1.82) is 0 Å². The lowest BCUT2D eigenvalue weighted by molar-refractivity contribution is -0.115. The Kier molecular flexibility index (Phi) is 7.45. The fourth-order valence-corrected chi connectivity index (χ4v) is 3.09. The minimum atomic E-state index is -1.01. The lowest BCUT2D eigenvalue weighted by Crippen LogP contribution is -2.17. The van der Waals surface area contributed by atoms with Gasteiger partial charge >= 0.3 is 5.97 Å². The highest BCUT2D eigenvalue weighted by molar-refractivity contribution is 5.92. The molecule has 2 aromatic carbocycles.